The number of hydrogen-bond acceptors (Lipinski definition) is 4. The van der Waals surface area contributed by atoms with E-state index in [9.17, 15) is 4.79 Å². The van der Waals surface area contributed by atoms with Crippen LogP contribution in [0.1, 0.15) is 23.4 Å². The summed E-state index contributed by atoms with van der Waals surface area (Å²) in [4.78, 5) is 13.2. The Morgan fingerprint density at radius 3 is 2.87 bits per heavy atom. The van der Waals surface area contributed by atoms with Gasteiger partial charge in [-0.2, -0.15) is 0 Å². The topological polar surface area (TPSA) is 50.4 Å². The minimum Gasteiger partial charge on any atom is -0.496 e. The summed E-state index contributed by atoms with van der Waals surface area (Å²) in [7, 11) is 1.64. The van der Waals surface area contributed by atoms with Crippen LogP contribution in [0.4, 0.5) is 0 Å². The summed E-state index contributed by atoms with van der Waals surface area (Å²) in [6.45, 7) is 3.01. The van der Waals surface area contributed by atoms with E-state index in [0.717, 1.165) is 22.2 Å². The van der Waals surface area contributed by atoms with Crippen molar-refractivity contribution < 1.29 is 9.53 Å². The van der Waals surface area contributed by atoms with Crippen LogP contribution in [0.15, 0.2) is 40.2 Å². The first-order valence-corrected chi connectivity index (χ1v) is 9.13. The van der Waals surface area contributed by atoms with Crippen LogP contribution in [0.2, 0.25) is 0 Å². The predicted octanol–water partition coefficient (Wildman–Crippen LogP) is 3.53. The lowest BCUT2D eigenvalue weighted by atomic mass is 10.1. The van der Waals surface area contributed by atoms with Gasteiger partial charge in [0, 0.05) is 17.5 Å². The van der Waals surface area contributed by atoms with Crippen molar-refractivity contribution in [3.63, 3.8) is 0 Å². The number of carbonyl (C=O) groups is 1. The number of carbonyl (C=O) groups excluding carboxylic acids is 1. The molecular weight excluding hydrogens is 376 g/mol. The molecule has 0 saturated carbocycles. The third-order valence-corrected chi connectivity index (χ3v) is 5.07. The number of methoxy groups -OCH3 is 1. The molecule has 0 radical (unpaired) electrons. The van der Waals surface area contributed by atoms with Gasteiger partial charge in [-0.1, -0.05) is 12.1 Å². The van der Waals surface area contributed by atoms with Gasteiger partial charge in [-0.05, 0) is 58.4 Å². The highest BCUT2D eigenvalue weighted by molar-refractivity contribution is 9.10. The second-order valence-electron chi connectivity index (χ2n) is 5.18. The van der Waals surface area contributed by atoms with Crippen LogP contribution in [-0.2, 0) is 11.2 Å². The zero-order chi connectivity index (χ0) is 16.7. The molecule has 4 nitrogen and oxygen atoms in total. The van der Waals surface area contributed by atoms with E-state index in [-0.39, 0.29) is 11.9 Å². The van der Waals surface area contributed by atoms with Crippen molar-refractivity contribution in [2.75, 3.05) is 20.2 Å². The molecule has 0 aliphatic carbocycles. The maximum absolute atomic E-state index is 11.9. The van der Waals surface area contributed by atoms with Crippen molar-refractivity contribution in [2.45, 2.75) is 19.4 Å². The second-order valence-corrected chi connectivity index (χ2v) is 7.06. The summed E-state index contributed by atoms with van der Waals surface area (Å²) in [5, 5.41) is 8.22. The van der Waals surface area contributed by atoms with E-state index >= 15 is 0 Å². The summed E-state index contributed by atoms with van der Waals surface area (Å²) in [5.41, 5.74) is 1.10. The zero-order valence-corrected chi connectivity index (χ0v) is 15.7. The van der Waals surface area contributed by atoms with E-state index in [1.807, 2.05) is 36.6 Å². The van der Waals surface area contributed by atoms with Gasteiger partial charge in [0.25, 0.3) is 0 Å². The van der Waals surface area contributed by atoms with Gasteiger partial charge in [0.15, 0.2) is 0 Å². The molecule has 1 atom stereocenters. The Kier molecular flexibility index (Phi) is 7.08. The molecule has 0 aliphatic rings. The summed E-state index contributed by atoms with van der Waals surface area (Å²) < 4.78 is 6.13. The van der Waals surface area contributed by atoms with Gasteiger partial charge in [-0.15, -0.1) is 11.3 Å². The van der Waals surface area contributed by atoms with Crippen LogP contribution in [0, 0.1) is 0 Å². The first kappa shape index (κ1) is 18.0. The number of halogens is 1. The third-order valence-electron chi connectivity index (χ3n) is 3.52. The molecule has 0 fully saturated rings. The first-order valence-electron chi connectivity index (χ1n) is 7.46. The highest BCUT2D eigenvalue weighted by Crippen LogP contribution is 2.27. The SMILES string of the molecule is COc1ccc(C(C)NCC(=O)NCCc2cccs2)cc1Br. The molecule has 1 aromatic heterocycles. The van der Waals surface area contributed by atoms with Gasteiger partial charge >= 0.3 is 0 Å². The second kappa shape index (κ2) is 9.05. The molecule has 1 heterocycles. The van der Waals surface area contributed by atoms with E-state index in [2.05, 4.69) is 32.6 Å². The quantitative estimate of drug-likeness (QED) is 0.717. The molecule has 2 aromatic rings. The van der Waals surface area contributed by atoms with Crippen molar-refractivity contribution in [1.29, 1.82) is 0 Å². The van der Waals surface area contributed by atoms with Crippen molar-refractivity contribution >= 4 is 33.2 Å². The van der Waals surface area contributed by atoms with E-state index in [1.54, 1.807) is 18.4 Å². The Bertz CT molecular complexity index is 632. The summed E-state index contributed by atoms with van der Waals surface area (Å²) in [6, 6.07) is 10.1. The van der Waals surface area contributed by atoms with Crippen molar-refractivity contribution in [3.8, 4) is 5.75 Å². The number of ether oxygens (including phenoxy) is 1. The van der Waals surface area contributed by atoms with Gasteiger partial charge in [0.05, 0.1) is 18.1 Å². The molecule has 1 unspecified atom stereocenters. The Balaban J connectivity index is 1.73. The standard InChI is InChI=1S/C17H21BrN2O2S/c1-12(13-5-6-16(22-2)15(18)10-13)20-11-17(21)19-8-7-14-4-3-9-23-14/h3-6,9-10,12,20H,7-8,11H2,1-2H3,(H,19,21). The van der Waals surface area contributed by atoms with Crippen LogP contribution in [-0.4, -0.2) is 26.1 Å². The lowest BCUT2D eigenvalue weighted by Crippen LogP contribution is -2.35. The fourth-order valence-electron chi connectivity index (χ4n) is 2.16. The molecule has 124 valence electrons. The fourth-order valence-corrected chi connectivity index (χ4v) is 3.43. The third kappa shape index (κ3) is 5.64. The molecule has 1 amide bonds. The van der Waals surface area contributed by atoms with Gasteiger partial charge < -0.3 is 15.4 Å². The van der Waals surface area contributed by atoms with Crippen molar-refractivity contribution in [1.82, 2.24) is 10.6 Å². The lowest BCUT2D eigenvalue weighted by molar-refractivity contribution is -0.120. The molecule has 2 N–H and O–H groups in total. The molecule has 6 heteroatoms. The average Bonchev–Trinajstić information content (AvgIpc) is 3.06. The zero-order valence-electron chi connectivity index (χ0n) is 13.3. The van der Waals surface area contributed by atoms with Gasteiger partial charge in [-0.25, -0.2) is 0 Å². The molecule has 0 aliphatic heterocycles. The average molecular weight is 397 g/mol. The van der Waals surface area contributed by atoms with Crippen LogP contribution in [0.3, 0.4) is 0 Å². The minimum atomic E-state index is 0.0148. The number of benzene rings is 1. The maximum Gasteiger partial charge on any atom is 0.233 e. The normalized spacial score (nSPS) is 12.0. The lowest BCUT2D eigenvalue weighted by Gasteiger charge is -2.15. The number of thiophene rings is 1. The highest BCUT2D eigenvalue weighted by atomic mass is 79.9. The van der Waals surface area contributed by atoms with Crippen molar-refractivity contribution in [3.05, 3.63) is 50.6 Å². The van der Waals surface area contributed by atoms with Gasteiger partial charge in [0.2, 0.25) is 5.91 Å². The Morgan fingerprint density at radius 1 is 1.39 bits per heavy atom. The van der Waals surface area contributed by atoms with Crippen LogP contribution in [0.25, 0.3) is 0 Å². The number of hydrogen-bond donors (Lipinski definition) is 2. The number of amides is 1. The maximum atomic E-state index is 11.9. The predicted molar refractivity (Wildman–Crippen MR) is 98.1 cm³/mol. The number of rotatable bonds is 8. The van der Waals surface area contributed by atoms with Crippen LogP contribution in [0.5, 0.6) is 5.75 Å². The fraction of sp³-hybridized carbons (Fsp3) is 0.353. The molecule has 0 bridgehead atoms. The Labute approximate surface area is 149 Å². The first-order chi connectivity index (χ1) is 11.1. The summed E-state index contributed by atoms with van der Waals surface area (Å²) >= 11 is 5.19. The highest BCUT2D eigenvalue weighted by Gasteiger charge is 2.10. The summed E-state index contributed by atoms with van der Waals surface area (Å²) in [5.74, 6) is 0.813. The van der Waals surface area contributed by atoms with E-state index in [4.69, 9.17) is 4.74 Å². The molecule has 0 saturated heterocycles. The molecular formula is C17H21BrN2O2S. The van der Waals surface area contributed by atoms with Gasteiger partial charge in [-0.3, -0.25) is 4.79 Å². The Hall–Kier alpha value is -1.37. The van der Waals surface area contributed by atoms with Crippen LogP contribution >= 0.6 is 27.3 Å². The molecule has 2 rings (SSSR count). The molecule has 23 heavy (non-hydrogen) atoms. The monoisotopic (exact) mass is 396 g/mol. The molecule has 1 aromatic carbocycles. The minimum absolute atomic E-state index is 0.0148. The van der Waals surface area contributed by atoms with E-state index in [1.165, 1.54) is 4.88 Å². The largest absolute Gasteiger partial charge is 0.496 e. The van der Waals surface area contributed by atoms with Crippen LogP contribution < -0.4 is 15.4 Å². The van der Waals surface area contributed by atoms with E-state index in [0.29, 0.717) is 13.1 Å². The van der Waals surface area contributed by atoms with Crippen molar-refractivity contribution in [2.24, 2.45) is 0 Å². The summed E-state index contributed by atoms with van der Waals surface area (Å²) in [6.07, 6.45) is 0.879. The smallest absolute Gasteiger partial charge is 0.233 e. The number of nitrogens with one attached hydrogen (secondary N) is 2. The Morgan fingerprint density at radius 2 is 2.22 bits per heavy atom. The molecule has 0 spiro atoms. The van der Waals surface area contributed by atoms with E-state index < -0.39 is 0 Å². The van der Waals surface area contributed by atoms with Gasteiger partial charge in [0.1, 0.15) is 5.75 Å².